The molecule has 1 amide bonds. The van der Waals surface area contributed by atoms with Crippen molar-refractivity contribution >= 4 is 5.91 Å². The van der Waals surface area contributed by atoms with Gasteiger partial charge in [-0.15, -0.1) is 0 Å². The van der Waals surface area contributed by atoms with Crippen molar-refractivity contribution in [2.75, 3.05) is 6.61 Å². The van der Waals surface area contributed by atoms with Gasteiger partial charge in [-0.1, -0.05) is 49.6 Å². The lowest BCUT2D eigenvalue weighted by molar-refractivity contribution is -0.125. The Morgan fingerprint density at radius 1 is 1.48 bits per heavy atom. The first-order chi connectivity index (χ1) is 9.96. The third-order valence-electron chi connectivity index (χ3n) is 4.50. The molecule has 2 rings (SSSR count). The largest absolute Gasteiger partial charge is 0.394 e. The minimum Gasteiger partial charge on any atom is -0.394 e. The topological polar surface area (TPSA) is 75.4 Å². The summed E-state index contributed by atoms with van der Waals surface area (Å²) >= 11 is 0. The van der Waals surface area contributed by atoms with Crippen LogP contribution in [0.3, 0.4) is 0 Å². The molecule has 0 radical (unpaired) electrons. The van der Waals surface area contributed by atoms with Crippen LogP contribution in [-0.2, 0) is 4.79 Å². The summed E-state index contributed by atoms with van der Waals surface area (Å²) in [5.74, 6) is 0.309. The third-order valence-corrected chi connectivity index (χ3v) is 4.50. The molecule has 0 aliphatic heterocycles. The normalized spacial score (nSPS) is 27.1. The average Bonchev–Trinajstić information content (AvgIpc) is 2.47. The Labute approximate surface area is 126 Å². The van der Waals surface area contributed by atoms with Crippen LogP contribution in [0.4, 0.5) is 0 Å². The van der Waals surface area contributed by atoms with Crippen molar-refractivity contribution in [3.8, 4) is 0 Å². The van der Waals surface area contributed by atoms with Gasteiger partial charge >= 0.3 is 0 Å². The van der Waals surface area contributed by atoms with E-state index in [1.807, 2.05) is 31.2 Å². The van der Waals surface area contributed by atoms with Gasteiger partial charge < -0.3 is 16.2 Å². The van der Waals surface area contributed by atoms with E-state index >= 15 is 0 Å². The maximum Gasteiger partial charge on any atom is 0.242 e. The highest BCUT2D eigenvalue weighted by Crippen LogP contribution is 2.32. The van der Waals surface area contributed by atoms with E-state index in [4.69, 9.17) is 5.73 Å². The minimum absolute atomic E-state index is 0.0241. The Kier molecular flexibility index (Phi) is 5.01. The van der Waals surface area contributed by atoms with Crippen LogP contribution in [0.25, 0.3) is 0 Å². The van der Waals surface area contributed by atoms with E-state index in [1.165, 1.54) is 0 Å². The number of benzene rings is 1. The molecule has 1 fully saturated rings. The van der Waals surface area contributed by atoms with Crippen LogP contribution < -0.4 is 11.1 Å². The maximum absolute atomic E-state index is 12.4. The summed E-state index contributed by atoms with van der Waals surface area (Å²) in [5, 5.41) is 12.8. The van der Waals surface area contributed by atoms with E-state index in [9.17, 15) is 9.90 Å². The molecule has 1 aromatic rings. The van der Waals surface area contributed by atoms with E-state index in [0.29, 0.717) is 5.92 Å². The zero-order chi connectivity index (χ0) is 15.5. The summed E-state index contributed by atoms with van der Waals surface area (Å²) in [6.07, 6.45) is 3.82. The number of carbonyl (C=O) groups excluding carboxylic acids is 1. The molecule has 21 heavy (non-hydrogen) atoms. The highest BCUT2D eigenvalue weighted by atomic mass is 16.3. The first-order valence-electron chi connectivity index (χ1n) is 7.71. The number of aryl methyl sites for hydroxylation is 1. The molecular formula is C17H26N2O2. The highest BCUT2D eigenvalue weighted by molar-refractivity contribution is 5.83. The molecule has 1 aromatic carbocycles. The Morgan fingerprint density at radius 2 is 2.14 bits per heavy atom. The lowest BCUT2D eigenvalue weighted by atomic mass is 9.76. The number of nitrogens with one attached hydrogen (secondary N) is 1. The van der Waals surface area contributed by atoms with E-state index in [2.05, 4.69) is 12.2 Å². The molecule has 4 N–H and O–H groups in total. The third kappa shape index (κ3) is 3.83. The predicted octanol–water partition coefficient (Wildman–Crippen LogP) is 2.05. The van der Waals surface area contributed by atoms with Crippen molar-refractivity contribution in [3.05, 3.63) is 35.4 Å². The van der Waals surface area contributed by atoms with E-state index in [0.717, 1.165) is 36.8 Å². The molecule has 3 unspecified atom stereocenters. The second-order valence-corrected chi connectivity index (χ2v) is 6.52. The zero-order valence-corrected chi connectivity index (χ0v) is 12.9. The number of nitrogens with two attached hydrogens (primary N) is 1. The number of hydrogen-bond donors (Lipinski definition) is 3. The lowest BCUT2D eigenvalue weighted by Gasteiger charge is -2.40. The quantitative estimate of drug-likeness (QED) is 0.794. The van der Waals surface area contributed by atoms with Crippen LogP contribution in [0.5, 0.6) is 0 Å². The summed E-state index contributed by atoms with van der Waals surface area (Å²) in [5.41, 5.74) is 7.50. The summed E-state index contributed by atoms with van der Waals surface area (Å²) in [6, 6.07) is 6.98. The second-order valence-electron chi connectivity index (χ2n) is 6.52. The molecule has 116 valence electrons. The van der Waals surface area contributed by atoms with Crippen molar-refractivity contribution in [1.82, 2.24) is 5.32 Å². The van der Waals surface area contributed by atoms with Crippen molar-refractivity contribution in [2.24, 2.45) is 11.7 Å². The number of amides is 1. The Morgan fingerprint density at radius 3 is 2.71 bits per heavy atom. The molecule has 1 aliphatic rings. The maximum atomic E-state index is 12.4. The van der Waals surface area contributed by atoms with Gasteiger partial charge in [0.25, 0.3) is 0 Å². The van der Waals surface area contributed by atoms with Crippen molar-refractivity contribution in [1.29, 1.82) is 0 Å². The SMILES string of the molecule is Cc1ccc(C(N)C(=O)NC2(CO)CCCC(C)C2)cc1. The molecule has 0 aromatic heterocycles. The van der Waals surface area contributed by atoms with E-state index in [-0.39, 0.29) is 12.5 Å². The molecule has 0 bridgehead atoms. The molecule has 0 saturated heterocycles. The number of carbonyl (C=O) groups is 1. The molecular weight excluding hydrogens is 264 g/mol. The first kappa shape index (κ1) is 16.0. The number of hydrogen-bond acceptors (Lipinski definition) is 3. The van der Waals surface area contributed by atoms with Gasteiger partial charge in [0, 0.05) is 0 Å². The molecule has 3 atom stereocenters. The average molecular weight is 290 g/mol. The smallest absolute Gasteiger partial charge is 0.242 e. The molecule has 4 heteroatoms. The van der Waals surface area contributed by atoms with Gasteiger partial charge in [0.2, 0.25) is 5.91 Å². The number of aliphatic hydroxyl groups is 1. The lowest BCUT2D eigenvalue weighted by Crippen LogP contribution is -2.55. The molecule has 4 nitrogen and oxygen atoms in total. The number of aliphatic hydroxyl groups excluding tert-OH is 1. The molecule has 0 spiro atoms. The van der Waals surface area contributed by atoms with Gasteiger partial charge in [0.1, 0.15) is 6.04 Å². The summed E-state index contributed by atoms with van der Waals surface area (Å²) in [7, 11) is 0. The van der Waals surface area contributed by atoms with Crippen LogP contribution >= 0.6 is 0 Å². The van der Waals surface area contributed by atoms with Gasteiger partial charge in [-0.05, 0) is 31.2 Å². The van der Waals surface area contributed by atoms with Crippen LogP contribution in [0.2, 0.25) is 0 Å². The highest BCUT2D eigenvalue weighted by Gasteiger charge is 2.36. The van der Waals surface area contributed by atoms with Gasteiger partial charge in [-0.25, -0.2) is 0 Å². The predicted molar refractivity (Wildman–Crippen MR) is 83.7 cm³/mol. The van der Waals surface area contributed by atoms with E-state index < -0.39 is 11.6 Å². The summed E-state index contributed by atoms with van der Waals surface area (Å²) < 4.78 is 0. The fraction of sp³-hybridized carbons (Fsp3) is 0.588. The molecule has 1 saturated carbocycles. The fourth-order valence-electron chi connectivity index (χ4n) is 3.22. The fourth-order valence-corrected chi connectivity index (χ4v) is 3.22. The van der Waals surface area contributed by atoms with Crippen LogP contribution in [-0.4, -0.2) is 23.2 Å². The van der Waals surface area contributed by atoms with E-state index in [1.54, 1.807) is 0 Å². The first-order valence-corrected chi connectivity index (χ1v) is 7.71. The van der Waals surface area contributed by atoms with Crippen LogP contribution in [0, 0.1) is 12.8 Å². The van der Waals surface area contributed by atoms with Crippen LogP contribution in [0.1, 0.15) is 49.8 Å². The summed E-state index contributed by atoms with van der Waals surface area (Å²) in [4.78, 5) is 12.4. The monoisotopic (exact) mass is 290 g/mol. The Bertz CT molecular complexity index is 486. The second kappa shape index (κ2) is 6.58. The minimum atomic E-state index is -0.689. The number of rotatable bonds is 4. The van der Waals surface area contributed by atoms with Crippen LogP contribution in [0.15, 0.2) is 24.3 Å². The standard InChI is InChI=1S/C17H26N2O2/c1-12-5-7-14(8-6-12)15(18)16(21)19-17(11-20)9-3-4-13(2)10-17/h5-8,13,15,20H,3-4,9-11,18H2,1-2H3,(H,19,21). The van der Waals surface area contributed by atoms with Gasteiger partial charge in [-0.3, -0.25) is 4.79 Å². The van der Waals surface area contributed by atoms with Gasteiger partial charge in [-0.2, -0.15) is 0 Å². The van der Waals surface area contributed by atoms with Gasteiger partial charge in [0.05, 0.1) is 12.1 Å². The van der Waals surface area contributed by atoms with Crippen molar-refractivity contribution in [2.45, 2.75) is 51.1 Å². The molecule has 1 aliphatic carbocycles. The van der Waals surface area contributed by atoms with Crippen molar-refractivity contribution < 1.29 is 9.90 Å². The Balaban J connectivity index is 2.06. The van der Waals surface area contributed by atoms with Gasteiger partial charge in [0.15, 0.2) is 0 Å². The Hall–Kier alpha value is -1.39. The summed E-state index contributed by atoms with van der Waals surface area (Å²) in [6.45, 7) is 4.14. The van der Waals surface area contributed by atoms with Crippen molar-refractivity contribution in [3.63, 3.8) is 0 Å². The molecule has 0 heterocycles. The zero-order valence-electron chi connectivity index (χ0n) is 12.9.